The third-order valence-electron chi connectivity index (χ3n) is 6.60. The molecule has 0 spiro atoms. The van der Waals surface area contributed by atoms with E-state index < -0.39 is 29.8 Å². The highest BCUT2D eigenvalue weighted by Crippen LogP contribution is 2.41. The fourth-order valence-corrected chi connectivity index (χ4v) is 4.80. The highest BCUT2D eigenvalue weighted by atomic mass is 19.1. The molecule has 3 aromatic carbocycles. The number of nitrogens with two attached hydrogens (primary N) is 1. The summed E-state index contributed by atoms with van der Waals surface area (Å²) < 4.78 is 29.1. The zero-order valence-corrected chi connectivity index (χ0v) is 20.0. The fourth-order valence-electron chi connectivity index (χ4n) is 4.80. The number of aryl methyl sites for hydroxylation is 1. The number of alkyl halides is 1. The van der Waals surface area contributed by atoms with Crippen molar-refractivity contribution in [2.45, 2.75) is 37.4 Å². The van der Waals surface area contributed by atoms with Crippen molar-refractivity contribution >= 4 is 5.82 Å². The molecule has 5 rings (SSSR count). The molecule has 1 aliphatic heterocycles. The molecule has 0 radical (unpaired) electrons. The number of benzene rings is 3. The first-order chi connectivity index (χ1) is 17.5. The number of rotatable bonds is 7. The maximum Gasteiger partial charge on any atom is 0.351 e. The molecule has 0 saturated carbocycles. The Morgan fingerprint density at radius 3 is 1.97 bits per heavy atom. The van der Waals surface area contributed by atoms with Crippen LogP contribution in [0.25, 0.3) is 0 Å². The monoisotopic (exact) mass is 485 g/mol. The van der Waals surface area contributed by atoms with E-state index in [4.69, 9.17) is 15.2 Å². The molecule has 1 fully saturated rings. The Bertz CT molecular complexity index is 1270. The van der Waals surface area contributed by atoms with E-state index in [0.29, 0.717) is 5.56 Å². The fraction of sp³-hybridized carbons (Fsp3) is 0.241. The van der Waals surface area contributed by atoms with Crippen molar-refractivity contribution in [2.75, 3.05) is 12.3 Å². The van der Waals surface area contributed by atoms with Gasteiger partial charge in [-0.15, -0.1) is 0 Å². The second kappa shape index (κ2) is 10.0. The quantitative estimate of drug-likeness (QED) is 0.382. The van der Waals surface area contributed by atoms with Gasteiger partial charge in [0.15, 0.2) is 6.23 Å². The number of nitrogens with zero attached hydrogens (tertiary/aromatic N) is 2. The highest BCUT2D eigenvalue weighted by molar-refractivity contribution is 5.47. The van der Waals surface area contributed by atoms with E-state index in [1.807, 2.05) is 91.0 Å². The minimum atomic E-state index is -1.39. The number of nitrogen functional groups attached to an aromatic ring is 1. The highest BCUT2D eigenvalue weighted by Gasteiger charge is 2.42. The summed E-state index contributed by atoms with van der Waals surface area (Å²) in [6, 6.07) is 29.9. The summed E-state index contributed by atoms with van der Waals surface area (Å²) in [6.07, 6.45) is -1.45. The van der Waals surface area contributed by atoms with Crippen LogP contribution in [0.3, 0.4) is 0 Å². The SMILES string of the molecule is Cc1cn(C2OC(COC(c3ccccc3)(c3ccccc3)c3ccccc3)CC2F)c(=O)nc1N. The van der Waals surface area contributed by atoms with E-state index in [-0.39, 0.29) is 18.8 Å². The first-order valence-corrected chi connectivity index (χ1v) is 11.9. The molecule has 1 saturated heterocycles. The third-order valence-corrected chi connectivity index (χ3v) is 6.60. The molecule has 4 aromatic rings. The number of hydrogen-bond donors (Lipinski definition) is 1. The van der Waals surface area contributed by atoms with Crippen LogP contribution in [-0.2, 0) is 15.1 Å². The Kier molecular flexibility index (Phi) is 6.67. The van der Waals surface area contributed by atoms with Crippen LogP contribution in [-0.4, -0.2) is 28.4 Å². The van der Waals surface area contributed by atoms with E-state index in [2.05, 4.69) is 4.98 Å². The third kappa shape index (κ3) is 4.43. The Balaban J connectivity index is 1.49. The van der Waals surface area contributed by atoms with Gasteiger partial charge in [-0.3, -0.25) is 4.57 Å². The second-order valence-corrected chi connectivity index (χ2v) is 8.99. The van der Waals surface area contributed by atoms with Crippen molar-refractivity contribution in [3.8, 4) is 0 Å². The molecular weight excluding hydrogens is 457 g/mol. The molecule has 6 nitrogen and oxygen atoms in total. The Hall–Kier alpha value is -3.81. The molecule has 3 atom stereocenters. The van der Waals surface area contributed by atoms with Crippen LogP contribution in [0.4, 0.5) is 10.2 Å². The lowest BCUT2D eigenvalue weighted by Gasteiger charge is -2.36. The van der Waals surface area contributed by atoms with E-state index in [0.717, 1.165) is 16.7 Å². The van der Waals surface area contributed by atoms with Gasteiger partial charge in [-0.2, -0.15) is 4.98 Å². The van der Waals surface area contributed by atoms with E-state index in [1.54, 1.807) is 6.92 Å². The van der Waals surface area contributed by atoms with Crippen molar-refractivity contribution in [1.29, 1.82) is 0 Å². The molecule has 7 heteroatoms. The van der Waals surface area contributed by atoms with Gasteiger partial charge in [-0.05, 0) is 23.6 Å². The van der Waals surface area contributed by atoms with Gasteiger partial charge in [-0.1, -0.05) is 91.0 Å². The molecule has 0 aliphatic carbocycles. The average molecular weight is 486 g/mol. The van der Waals surface area contributed by atoms with Crippen LogP contribution in [0.15, 0.2) is 102 Å². The summed E-state index contributed by atoms with van der Waals surface area (Å²) in [5.41, 5.74) is 7.58. The van der Waals surface area contributed by atoms with Gasteiger partial charge in [0.1, 0.15) is 17.6 Å². The van der Waals surface area contributed by atoms with Gasteiger partial charge in [-0.25, -0.2) is 9.18 Å². The smallest absolute Gasteiger partial charge is 0.351 e. The van der Waals surface area contributed by atoms with E-state index in [9.17, 15) is 4.79 Å². The predicted octanol–water partition coefficient (Wildman–Crippen LogP) is 4.77. The van der Waals surface area contributed by atoms with Gasteiger partial charge in [0.2, 0.25) is 0 Å². The van der Waals surface area contributed by atoms with Gasteiger partial charge in [0, 0.05) is 18.2 Å². The number of hydrogen-bond acceptors (Lipinski definition) is 5. The number of anilines is 1. The largest absolute Gasteiger partial charge is 0.383 e. The predicted molar refractivity (Wildman–Crippen MR) is 136 cm³/mol. The standard InChI is InChI=1S/C29H28FN3O3/c1-20-18-33(28(34)32-26(20)31)27-25(30)17-24(36-27)19-35-29(21-11-5-2-6-12-21,22-13-7-3-8-14-22)23-15-9-4-10-16-23/h2-16,18,24-25,27H,17,19H2,1H3,(H2,31,32,34). The summed E-state index contributed by atoms with van der Waals surface area (Å²) in [4.78, 5) is 16.2. The molecule has 2 heterocycles. The minimum Gasteiger partial charge on any atom is -0.383 e. The molecule has 1 aromatic heterocycles. The second-order valence-electron chi connectivity index (χ2n) is 8.99. The van der Waals surface area contributed by atoms with Crippen LogP contribution in [0.5, 0.6) is 0 Å². The molecule has 1 aliphatic rings. The van der Waals surface area contributed by atoms with E-state index in [1.165, 1.54) is 10.8 Å². The molecular formula is C29H28FN3O3. The number of ether oxygens (including phenoxy) is 2. The lowest BCUT2D eigenvalue weighted by atomic mass is 9.80. The molecule has 36 heavy (non-hydrogen) atoms. The van der Waals surface area contributed by atoms with Crippen molar-refractivity contribution in [3.05, 3.63) is 130 Å². The number of halogens is 1. The lowest BCUT2D eigenvalue weighted by molar-refractivity contribution is -0.0825. The first kappa shape index (κ1) is 23.9. The molecule has 0 bridgehead atoms. The van der Waals surface area contributed by atoms with Crippen LogP contribution < -0.4 is 11.4 Å². The zero-order chi connectivity index (χ0) is 25.1. The molecule has 2 N–H and O–H groups in total. The first-order valence-electron chi connectivity index (χ1n) is 11.9. The van der Waals surface area contributed by atoms with Crippen LogP contribution >= 0.6 is 0 Å². The van der Waals surface area contributed by atoms with Crippen molar-refractivity contribution in [2.24, 2.45) is 0 Å². The van der Waals surface area contributed by atoms with Gasteiger partial charge in [0.05, 0.1) is 12.7 Å². The Morgan fingerprint density at radius 2 is 1.47 bits per heavy atom. The van der Waals surface area contributed by atoms with Crippen LogP contribution in [0.2, 0.25) is 0 Å². The maximum atomic E-state index is 15.1. The molecule has 184 valence electrons. The summed E-state index contributed by atoms with van der Waals surface area (Å²) in [5.74, 6) is 0.128. The number of aromatic nitrogens is 2. The van der Waals surface area contributed by atoms with Crippen molar-refractivity contribution < 1.29 is 13.9 Å². The van der Waals surface area contributed by atoms with Crippen LogP contribution in [0.1, 0.15) is 34.9 Å². The zero-order valence-electron chi connectivity index (χ0n) is 20.0. The minimum absolute atomic E-state index is 0.0922. The normalized spacial score (nSPS) is 19.9. The van der Waals surface area contributed by atoms with Crippen molar-refractivity contribution in [1.82, 2.24) is 9.55 Å². The topological polar surface area (TPSA) is 79.4 Å². The van der Waals surface area contributed by atoms with Crippen LogP contribution in [0, 0.1) is 6.92 Å². The summed E-state index contributed by atoms with van der Waals surface area (Å²) >= 11 is 0. The average Bonchev–Trinajstić information content (AvgIpc) is 3.28. The summed E-state index contributed by atoms with van der Waals surface area (Å²) in [5, 5.41) is 0. The van der Waals surface area contributed by atoms with Gasteiger partial charge in [0.25, 0.3) is 0 Å². The van der Waals surface area contributed by atoms with Gasteiger partial charge < -0.3 is 15.2 Å². The maximum absolute atomic E-state index is 15.1. The van der Waals surface area contributed by atoms with E-state index >= 15 is 4.39 Å². The molecule has 0 amide bonds. The van der Waals surface area contributed by atoms with Gasteiger partial charge >= 0.3 is 5.69 Å². The summed E-state index contributed by atoms with van der Waals surface area (Å²) in [7, 11) is 0. The Morgan fingerprint density at radius 1 is 0.972 bits per heavy atom. The molecule has 3 unspecified atom stereocenters. The van der Waals surface area contributed by atoms with Crippen molar-refractivity contribution in [3.63, 3.8) is 0 Å². The summed E-state index contributed by atoms with van der Waals surface area (Å²) in [6.45, 7) is 1.83. The lowest BCUT2D eigenvalue weighted by Crippen LogP contribution is -2.36. The Labute approximate surface area is 209 Å².